The molecule has 0 spiro atoms. The van der Waals surface area contributed by atoms with E-state index in [1.54, 1.807) is 0 Å². The van der Waals surface area contributed by atoms with Crippen LogP contribution in [0.4, 0.5) is 0 Å². The monoisotopic (exact) mass is 256 g/mol. The second kappa shape index (κ2) is 5.68. The van der Waals surface area contributed by atoms with Crippen molar-refractivity contribution in [2.45, 2.75) is 25.3 Å². The molecule has 19 heavy (non-hydrogen) atoms. The minimum atomic E-state index is 0.105. The van der Waals surface area contributed by atoms with Crippen LogP contribution in [-0.2, 0) is 0 Å². The average Bonchev–Trinajstić information content (AvgIpc) is 2.49. The van der Waals surface area contributed by atoms with Gasteiger partial charge in [-0.3, -0.25) is 9.88 Å². The van der Waals surface area contributed by atoms with Crippen LogP contribution in [-0.4, -0.2) is 34.7 Å². The van der Waals surface area contributed by atoms with Crippen LogP contribution < -0.4 is 0 Å². The number of hydrogen-bond donors (Lipinski definition) is 1. The van der Waals surface area contributed by atoms with Gasteiger partial charge in [0.15, 0.2) is 0 Å². The van der Waals surface area contributed by atoms with Crippen molar-refractivity contribution in [2.24, 2.45) is 0 Å². The number of nitrogens with zero attached hydrogens (tertiary/aromatic N) is 2. The fraction of sp³-hybridized carbons (Fsp3) is 0.438. The summed E-state index contributed by atoms with van der Waals surface area (Å²) in [6, 6.07) is 10.3. The third kappa shape index (κ3) is 2.48. The molecule has 1 aromatic heterocycles. The molecule has 0 bridgehead atoms. The molecule has 1 atom stereocenters. The summed E-state index contributed by atoms with van der Waals surface area (Å²) in [7, 11) is 0. The number of para-hydroxylation sites is 1. The standard InChI is InChI=1S/C16H20N2O/c19-12-16(18-10-4-1-5-11-18)14-8-9-17-15-7-3-2-6-13(14)15/h2-3,6-9,16,19H,1,4-5,10-12H2. The van der Waals surface area contributed by atoms with Crippen LogP contribution in [0.25, 0.3) is 10.9 Å². The third-order valence-corrected chi connectivity index (χ3v) is 4.05. The van der Waals surface area contributed by atoms with Crippen LogP contribution >= 0.6 is 0 Å². The molecule has 100 valence electrons. The largest absolute Gasteiger partial charge is 0.394 e. The molecule has 0 saturated carbocycles. The number of benzene rings is 1. The van der Waals surface area contributed by atoms with E-state index in [1.807, 2.05) is 24.4 Å². The molecule has 3 rings (SSSR count). The van der Waals surface area contributed by atoms with Crippen LogP contribution in [0.3, 0.4) is 0 Å². The van der Waals surface area contributed by atoms with E-state index in [9.17, 15) is 5.11 Å². The van der Waals surface area contributed by atoms with E-state index in [-0.39, 0.29) is 12.6 Å². The number of hydrogen-bond acceptors (Lipinski definition) is 3. The Morgan fingerprint density at radius 2 is 1.89 bits per heavy atom. The average molecular weight is 256 g/mol. The zero-order chi connectivity index (χ0) is 13.1. The van der Waals surface area contributed by atoms with Crippen LogP contribution in [0.1, 0.15) is 30.9 Å². The normalized spacial score (nSPS) is 18.6. The maximum absolute atomic E-state index is 9.83. The smallest absolute Gasteiger partial charge is 0.0705 e. The van der Waals surface area contributed by atoms with Gasteiger partial charge < -0.3 is 5.11 Å². The van der Waals surface area contributed by atoms with Crippen molar-refractivity contribution in [1.82, 2.24) is 9.88 Å². The van der Waals surface area contributed by atoms with Gasteiger partial charge in [0.25, 0.3) is 0 Å². The molecule has 1 aromatic carbocycles. The van der Waals surface area contributed by atoms with E-state index < -0.39 is 0 Å². The first-order valence-corrected chi connectivity index (χ1v) is 7.08. The molecular formula is C16H20N2O. The Morgan fingerprint density at radius 3 is 2.68 bits per heavy atom. The molecule has 2 heterocycles. The molecule has 2 aromatic rings. The highest BCUT2D eigenvalue weighted by Gasteiger charge is 2.22. The van der Waals surface area contributed by atoms with Crippen LogP contribution in [0.2, 0.25) is 0 Å². The zero-order valence-corrected chi connectivity index (χ0v) is 11.1. The summed E-state index contributed by atoms with van der Waals surface area (Å²) in [5.74, 6) is 0. The van der Waals surface area contributed by atoms with Gasteiger partial charge in [0, 0.05) is 11.6 Å². The van der Waals surface area contributed by atoms with Crippen LogP contribution in [0.15, 0.2) is 36.5 Å². The highest BCUT2D eigenvalue weighted by Crippen LogP contribution is 2.29. The maximum Gasteiger partial charge on any atom is 0.0705 e. The summed E-state index contributed by atoms with van der Waals surface area (Å²) in [6.45, 7) is 2.35. The van der Waals surface area contributed by atoms with Crippen molar-refractivity contribution in [3.63, 3.8) is 0 Å². The molecule has 1 N–H and O–H groups in total. The minimum absolute atomic E-state index is 0.105. The number of aliphatic hydroxyl groups excluding tert-OH is 1. The molecule has 1 aliphatic heterocycles. The Labute approximate surface area is 113 Å². The quantitative estimate of drug-likeness (QED) is 0.917. The molecule has 3 nitrogen and oxygen atoms in total. The Bertz CT molecular complexity index is 544. The topological polar surface area (TPSA) is 36.4 Å². The van der Waals surface area contributed by atoms with Crippen LogP contribution in [0.5, 0.6) is 0 Å². The molecule has 0 radical (unpaired) electrons. The highest BCUT2D eigenvalue weighted by molar-refractivity contribution is 5.82. The van der Waals surface area contributed by atoms with Gasteiger partial charge in [-0.15, -0.1) is 0 Å². The molecule has 3 heteroatoms. The van der Waals surface area contributed by atoms with Crippen molar-refractivity contribution >= 4 is 10.9 Å². The van der Waals surface area contributed by atoms with Gasteiger partial charge in [-0.2, -0.15) is 0 Å². The Morgan fingerprint density at radius 1 is 1.11 bits per heavy atom. The molecule has 1 aliphatic rings. The van der Waals surface area contributed by atoms with E-state index in [0.717, 1.165) is 24.0 Å². The summed E-state index contributed by atoms with van der Waals surface area (Å²) in [6.07, 6.45) is 5.63. The first-order valence-electron chi connectivity index (χ1n) is 7.08. The van der Waals surface area contributed by atoms with Gasteiger partial charge in [0.1, 0.15) is 0 Å². The van der Waals surface area contributed by atoms with Crippen molar-refractivity contribution in [3.8, 4) is 0 Å². The maximum atomic E-state index is 9.83. The van der Waals surface area contributed by atoms with Gasteiger partial charge in [-0.25, -0.2) is 0 Å². The van der Waals surface area contributed by atoms with E-state index in [0.29, 0.717) is 0 Å². The van der Waals surface area contributed by atoms with Gasteiger partial charge in [0.05, 0.1) is 18.2 Å². The number of pyridine rings is 1. The molecule has 1 unspecified atom stereocenters. The predicted octanol–water partition coefficient (Wildman–Crippen LogP) is 2.75. The Balaban J connectivity index is 2.00. The second-order valence-corrected chi connectivity index (χ2v) is 5.21. The number of fused-ring (bicyclic) bond motifs is 1. The van der Waals surface area contributed by atoms with E-state index in [1.165, 1.54) is 24.8 Å². The van der Waals surface area contributed by atoms with Crippen molar-refractivity contribution in [3.05, 3.63) is 42.1 Å². The SMILES string of the molecule is OCC(c1ccnc2ccccc12)N1CCCCC1. The molecule has 1 fully saturated rings. The predicted molar refractivity (Wildman–Crippen MR) is 77.0 cm³/mol. The fourth-order valence-electron chi connectivity index (χ4n) is 3.05. The Kier molecular flexibility index (Phi) is 3.76. The lowest BCUT2D eigenvalue weighted by Gasteiger charge is -2.34. The van der Waals surface area contributed by atoms with Gasteiger partial charge in [-0.1, -0.05) is 24.6 Å². The summed E-state index contributed by atoms with van der Waals surface area (Å²) in [4.78, 5) is 6.81. The van der Waals surface area contributed by atoms with Crippen LogP contribution in [0, 0.1) is 0 Å². The summed E-state index contributed by atoms with van der Waals surface area (Å²) in [5.41, 5.74) is 2.21. The van der Waals surface area contributed by atoms with Gasteiger partial charge in [-0.05, 0) is 43.6 Å². The second-order valence-electron chi connectivity index (χ2n) is 5.21. The van der Waals surface area contributed by atoms with E-state index in [2.05, 4.69) is 22.0 Å². The first-order chi connectivity index (χ1) is 9.40. The molecule has 0 amide bonds. The van der Waals surface area contributed by atoms with E-state index in [4.69, 9.17) is 0 Å². The summed E-state index contributed by atoms with van der Waals surface area (Å²) in [5, 5.41) is 11.0. The number of rotatable bonds is 3. The number of aliphatic hydroxyl groups is 1. The number of aromatic nitrogens is 1. The van der Waals surface area contributed by atoms with Gasteiger partial charge >= 0.3 is 0 Å². The fourth-order valence-corrected chi connectivity index (χ4v) is 3.05. The van der Waals surface area contributed by atoms with Gasteiger partial charge in [0.2, 0.25) is 0 Å². The zero-order valence-electron chi connectivity index (χ0n) is 11.1. The van der Waals surface area contributed by atoms with E-state index >= 15 is 0 Å². The van der Waals surface area contributed by atoms with Crippen molar-refractivity contribution in [1.29, 1.82) is 0 Å². The molecule has 1 saturated heterocycles. The Hall–Kier alpha value is -1.45. The molecular weight excluding hydrogens is 236 g/mol. The third-order valence-electron chi connectivity index (χ3n) is 4.05. The summed E-state index contributed by atoms with van der Waals surface area (Å²) < 4.78 is 0. The van der Waals surface area contributed by atoms with Crippen molar-refractivity contribution in [2.75, 3.05) is 19.7 Å². The number of piperidine rings is 1. The minimum Gasteiger partial charge on any atom is -0.394 e. The lowest BCUT2D eigenvalue weighted by molar-refractivity contribution is 0.105. The summed E-state index contributed by atoms with van der Waals surface area (Å²) >= 11 is 0. The highest BCUT2D eigenvalue weighted by atomic mass is 16.3. The van der Waals surface area contributed by atoms with Crippen molar-refractivity contribution < 1.29 is 5.11 Å². The molecule has 0 aliphatic carbocycles. The lowest BCUT2D eigenvalue weighted by atomic mass is 9.99. The lowest BCUT2D eigenvalue weighted by Crippen LogP contribution is -2.35. The first kappa shape index (κ1) is 12.6. The number of likely N-dealkylation sites (tertiary alicyclic amines) is 1.